The van der Waals surface area contributed by atoms with E-state index in [4.69, 9.17) is 37.9 Å². The molecule has 5 fully saturated rings. The molecule has 5 saturated heterocycles. The maximum atomic E-state index is 12.0. The van der Waals surface area contributed by atoms with Crippen molar-refractivity contribution in [1.29, 1.82) is 0 Å². The molecule has 18 nitrogen and oxygen atoms in total. The predicted molar refractivity (Wildman–Crippen MR) is 167 cm³/mol. The molecule has 18 heteroatoms. The Morgan fingerprint density at radius 2 is 1.08 bits per heavy atom. The maximum Gasteiger partial charge on any atom is 0.243 e. The summed E-state index contributed by atoms with van der Waals surface area (Å²) >= 11 is 0. The van der Waals surface area contributed by atoms with E-state index < -0.39 is 59.8 Å². The molecule has 0 radical (unpaired) electrons. The first-order valence-electron chi connectivity index (χ1n) is 16.4. The van der Waals surface area contributed by atoms with Crippen molar-refractivity contribution in [2.75, 3.05) is 23.8 Å². The van der Waals surface area contributed by atoms with E-state index in [0.29, 0.717) is 34.1 Å². The number of nitrogens with zero attached hydrogens (tertiary/aromatic N) is 6. The molecular weight excluding hydrogens is 656 g/mol. The lowest BCUT2D eigenvalue weighted by molar-refractivity contribution is -0.355. The summed E-state index contributed by atoms with van der Waals surface area (Å²) in [5.41, 5.74) is 2.03. The molecule has 4 bridgehead atoms. The minimum atomic E-state index is -1.57. The highest BCUT2D eigenvalue weighted by molar-refractivity contribution is 5.92. The first-order valence-corrected chi connectivity index (χ1v) is 16.4. The van der Waals surface area contributed by atoms with Crippen LogP contribution in [0.4, 0.5) is 11.6 Å². The van der Waals surface area contributed by atoms with Crippen LogP contribution in [-0.4, -0.2) is 102 Å². The maximum absolute atomic E-state index is 12.0. The topological polar surface area (TPSA) is 192 Å². The Morgan fingerprint density at radius 1 is 0.660 bits per heavy atom. The molecule has 0 spiro atoms. The fourth-order valence-corrected chi connectivity index (χ4v) is 7.81. The van der Waals surface area contributed by atoms with E-state index in [9.17, 15) is 9.59 Å². The third-order valence-electron chi connectivity index (χ3n) is 9.52. The molecule has 4 aromatic rings. The van der Waals surface area contributed by atoms with Gasteiger partial charge in [0.05, 0.1) is 13.2 Å². The molecule has 5 aliphatic heterocycles. The number of rotatable bonds is 4. The van der Waals surface area contributed by atoms with E-state index in [1.165, 1.54) is 26.5 Å². The summed E-state index contributed by atoms with van der Waals surface area (Å²) < 4.78 is 56.8. The van der Waals surface area contributed by atoms with Gasteiger partial charge in [-0.15, -0.1) is 0 Å². The van der Waals surface area contributed by atoms with Crippen molar-refractivity contribution in [3.8, 4) is 0 Å². The molecule has 50 heavy (non-hydrogen) atoms. The predicted octanol–water partition coefficient (Wildman–Crippen LogP) is 1.58. The number of hydrogen-bond donors (Lipinski definition) is 2. The van der Waals surface area contributed by atoms with E-state index in [0.717, 1.165) is 0 Å². The second-order valence-corrected chi connectivity index (χ2v) is 13.9. The molecule has 9 rings (SSSR count). The molecule has 0 aliphatic carbocycles. The van der Waals surface area contributed by atoms with Crippen LogP contribution in [0, 0.1) is 0 Å². The van der Waals surface area contributed by atoms with Gasteiger partial charge in [-0.05, 0) is 52.0 Å². The number of ether oxygens (including phenoxy) is 8. The van der Waals surface area contributed by atoms with Gasteiger partial charge in [-0.2, -0.15) is 10.2 Å². The van der Waals surface area contributed by atoms with Gasteiger partial charge in [-0.1, -0.05) is 0 Å². The fraction of sp³-hybridized carbons (Fsp3) is 0.562. The van der Waals surface area contributed by atoms with Crippen LogP contribution in [0.5, 0.6) is 0 Å². The Labute approximate surface area is 284 Å². The normalized spacial score (nSPS) is 35.2. The van der Waals surface area contributed by atoms with Crippen molar-refractivity contribution < 1.29 is 47.5 Å². The molecule has 8 atom stereocenters. The largest absolute Gasteiger partial charge is 0.342 e. The van der Waals surface area contributed by atoms with Crippen molar-refractivity contribution in [1.82, 2.24) is 29.2 Å². The van der Waals surface area contributed by atoms with Gasteiger partial charge >= 0.3 is 0 Å². The summed E-state index contributed by atoms with van der Waals surface area (Å²) in [6, 6.07) is 7.16. The smallest absolute Gasteiger partial charge is 0.243 e. The van der Waals surface area contributed by atoms with Crippen molar-refractivity contribution in [2.24, 2.45) is 0 Å². The average molecular weight is 693 g/mol. The number of carbonyl (C=O) groups excluding carboxylic acids is 2. The third kappa shape index (κ3) is 4.63. The molecule has 0 saturated carbocycles. The van der Waals surface area contributed by atoms with E-state index >= 15 is 0 Å². The zero-order chi connectivity index (χ0) is 34.8. The van der Waals surface area contributed by atoms with Gasteiger partial charge < -0.3 is 48.5 Å². The lowest BCUT2D eigenvalue weighted by Crippen LogP contribution is -2.48. The second-order valence-electron chi connectivity index (χ2n) is 13.9. The number of carbonyl (C=O) groups is 2. The minimum absolute atomic E-state index is 0.0578. The van der Waals surface area contributed by atoms with Crippen LogP contribution in [-0.2, 0) is 59.1 Å². The lowest BCUT2D eigenvalue weighted by atomic mass is 10.00. The van der Waals surface area contributed by atoms with E-state index in [1.54, 1.807) is 33.3 Å². The van der Waals surface area contributed by atoms with Gasteiger partial charge in [0.1, 0.15) is 71.7 Å². The van der Waals surface area contributed by atoms with E-state index in [1.807, 2.05) is 27.7 Å². The molecule has 2 amide bonds. The first-order chi connectivity index (χ1) is 23.8. The Morgan fingerprint density at radius 3 is 1.48 bits per heavy atom. The summed E-state index contributed by atoms with van der Waals surface area (Å²) in [5, 5.41) is 14.5. The number of amides is 2. The Balaban J connectivity index is 1.18. The van der Waals surface area contributed by atoms with Crippen molar-refractivity contribution in [3.63, 3.8) is 0 Å². The average Bonchev–Trinajstić information content (AvgIpc) is 3.87. The van der Waals surface area contributed by atoms with Gasteiger partial charge in [0, 0.05) is 13.8 Å². The molecule has 0 aromatic carbocycles. The molecule has 2 unspecified atom stereocenters. The molecule has 9 heterocycles. The Hall–Kier alpha value is -4.14. The molecule has 5 aliphatic rings. The SMILES string of the molecule is CC(=O)Nc1ncnn2c([C@@]34OC[C@H]5O[C@@](c6ccc7c(NC(C)=O)ncnn67)(OC[C@@H](O3)[C@@H]3OC(C)(C)OC34)[C@H]3OC(C)(C)OC53)ccc12. The van der Waals surface area contributed by atoms with Crippen LogP contribution in [0.1, 0.15) is 52.9 Å². The van der Waals surface area contributed by atoms with E-state index in [-0.39, 0.29) is 25.0 Å². The highest BCUT2D eigenvalue weighted by Crippen LogP contribution is 2.55. The minimum Gasteiger partial charge on any atom is -0.342 e. The van der Waals surface area contributed by atoms with Crippen molar-refractivity contribution in [2.45, 2.75) is 101 Å². The van der Waals surface area contributed by atoms with Crippen LogP contribution in [0.25, 0.3) is 11.0 Å². The lowest BCUT2D eigenvalue weighted by Gasteiger charge is -2.38. The summed E-state index contributed by atoms with van der Waals surface area (Å²) in [6.45, 7) is 10.0. The number of aromatic nitrogens is 6. The van der Waals surface area contributed by atoms with Crippen LogP contribution in [0.2, 0.25) is 0 Å². The van der Waals surface area contributed by atoms with Gasteiger partial charge in [0.25, 0.3) is 0 Å². The third-order valence-corrected chi connectivity index (χ3v) is 9.52. The Kier molecular flexibility index (Phi) is 6.80. The number of hydrogen-bond acceptors (Lipinski definition) is 14. The summed E-state index contributed by atoms with van der Waals surface area (Å²) in [4.78, 5) is 32.5. The highest BCUT2D eigenvalue weighted by atomic mass is 16.8. The molecular formula is C32H36N8O10. The fourth-order valence-electron chi connectivity index (χ4n) is 7.81. The quantitative estimate of drug-likeness (QED) is 0.313. The van der Waals surface area contributed by atoms with Crippen LogP contribution in [0.3, 0.4) is 0 Å². The van der Waals surface area contributed by atoms with Gasteiger partial charge in [-0.3, -0.25) is 9.59 Å². The van der Waals surface area contributed by atoms with E-state index in [2.05, 4.69) is 30.8 Å². The molecule has 264 valence electrons. The highest BCUT2D eigenvalue weighted by Gasteiger charge is 2.70. The zero-order valence-corrected chi connectivity index (χ0v) is 28.1. The second kappa shape index (κ2) is 10.7. The van der Waals surface area contributed by atoms with Gasteiger partial charge in [-0.25, -0.2) is 19.0 Å². The number of fused-ring (bicyclic) bond motifs is 12. The van der Waals surface area contributed by atoms with Gasteiger partial charge in [0.2, 0.25) is 23.4 Å². The number of nitrogens with one attached hydrogen (secondary N) is 2. The molecule has 2 N–H and O–H groups in total. The monoisotopic (exact) mass is 692 g/mol. The Bertz CT molecular complexity index is 1910. The number of anilines is 2. The van der Waals surface area contributed by atoms with Gasteiger partial charge in [0.15, 0.2) is 23.2 Å². The summed E-state index contributed by atoms with van der Waals surface area (Å²) in [6.07, 6.45) is -1.64. The standard InChI is InChI=1S/C32H36N8O10/c1-15(41)37-27-17-7-9-21(39(17)35-13-33-27)31-25-23(47-29(3,4)49-25)19(45-31)12-44-32(26-24(20(46-32)11-43-31)48-30(5,6)50-26)22-10-8-18-28(38-16(2)42)34-14-36-40(18)22/h7-10,13-14,19-20,23-26H,11-12H2,1-6H3,(H,33,35,37,41)(H,34,36,38,42)/t19-,20-,23+,24?,25?,26+,31-,32-/m1/s1. The van der Waals surface area contributed by atoms with Crippen LogP contribution >= 0.6 is 0 Å². The van der Waals surface area contributed by atoms with Crippen LogP contribution in [0.15, 0.2) is 36.9 Å². The van der Waals surface area contributed by atoms with Crippen molar-refractivity contribution >= 4 is 34.5 Å². The summed E-state index contributed by atoms with van der Waals surface area (Å²) in [7, 11) is 0. The van der Waals surface area contributed by atoms with Crippen molar-refractivity contribution in [3.05, 3.63) is 48.3 Å². The first kappa shape index (κ1) is 31.8. The molecule has 4 aromatic heterocycles. The van der Waals surface area contributed by atoms with Crippen LogP contribution < -0.4 is 10.6 Å². The summed E-state index contributed by atoms with van der Waals surface area (Å²) in [5.74, 6) is -5.04. The zero-order valence-electron chi connectivity index (χ0n) is 28.1.